The van der Waals surface area contributed by atoms with E-state index in [2.05, 4.69) is 131 Å². The smallest absolute Gasteiger partial charge is 0.196 e. The Morgan fingerprint density at radius 3 is 1.09 bits per heavy atom. The number of rotatable bonds is 6. The first kappa shape index (κ1) is 32.3. The third-order valence-electron chi connectivity index (χ3n) is 11.1. The van der Waals surface area contributed by atoms with Crippen molar-refractivity contribution in [2.75, 3.05) is 9.80 Å². The molecule has 6 nitrogen and oxygen atoms in total. The zero-order chi connectivity index (χ0) is 38.2. The van der Waals surface area contributed by atoms with Gasteiger partial charge < -0.3 is 28.1 Å². The van der Waals surface area contributed by atoms with E-state index in [9.17, 15) is 0 Å². The fourth-order valence-electron chi connectivity index (χ4n) is 8.50. The van der Waals surface area contributed by atoms with E-state index in [0.29, 0.717) is 23.0 Å². The van der Waals surface area contributed by atoms with E-state index < -0.39 is 0 Å². The molecule has 0 N–H and O–H groups in total. The summed E-state index contributed by atoms with van der Waals surface area (Å²) in [5.74, 6) is 2.44. The van der Waals surface area contributed by atoms with Gasteiger partial charge in [-0.15, -0.1) is 0 Å². The Hall–Kier alpha value is -7.96. The van der Waals surface area contributed by atoms with Gasteiger partial charge in [-0.05, 0) is 72.8 Å². The van der Waals surface area contributed by atoms with E-state index in [1.807, 2.05) is 72.8 Å². The number of hydrogen-bond donors (Lipinski definition) is 0. The van der Waals surface area contributed by atoms with Gasteiger partial charge in [-0.2, -0.15) is 0 Å². The molecule has 0 radical (unpaired) electrons. The molecule has 6 heteroatoms. The highest BCUT2D eigenvalue weighted by molar-refractivity contribution is 6.15. The Morgan fingerprint density at radius 2 is 0.638 bits per heavy atom. The van der Waals surface area contributed by atoms with Crippen LogP contribution in [0, 0.1) is 0 Å². The predicted molar refractivity (Wildman–Crippen MR) is 234 cm³/mol. The number of fused-ring (bicyclic) bond motifs is 9. The van der Waals surface area contributed by atoms with Gasteiger partial charge in [0.1, 0.15) is 33.7 Å². The third-order valence-corrected chi connectivity index (χ3v) is 11.1. The van der Waals surface area contributed by atoms with Crippen molar-refractivity contribution < 1.29 is 18.3 Å². The number of anilines is 6. The predicted octanol–water partition coefficient (Wildman–Crippen LogP) is 15.5. The van der Waals surface area contributed by atoms with Crippen LogP contribution in [0.5, 0.6) is 23.0 Å². The van der Waals surface area contributed by atoms with E-state index in [0.717, 1.165) is 88.8 Å². The van der Waals surface area contributed by atoms with Gasteiger partial charge in [0.15, 0.2) is 23.0 Å². The summed E-state index contributed by atoms with van der Waals surface area (Å²) in [7, 11) is 0. The van der Waals surface area contributed by atoms with Gasteiger partial charge >= 0.3 is 0 Å². The number of nitrogens with zero attached hydrogens (tertiary/aromatic N) is 2. The van der Waals surface area contributed by atoms with Crippen molar-refractivity contribution >= 4 is 88.8 Å². The van der Waals surface area contributed by atoms with Gasteiger partial charge in [0.2, 0.25) is 0 Å². The number of benzene rings is 9. The number of ether oxygens (including phenoxy) is 2. The monoisotopic (exact) mass is 748 g/mol. The Labute approximate surface area is 332 Å². The van der Waals surface area contributed by atoms with Crippen molar-refractivity contribution in [1.82, 2.24) is 0 Å². The normalized spacial score (nSPS) is 12.1. The molecule has 0 spiro atoms. The number of hydrogen-bond acceptors (Lipinski definition) is 6. The molecular weight excluding hydrogens is 717 g/mol. The van der Waals surface area contributed by atoms with Crippen molar-refractivity contribution in [3.8, 4) is 23.0 Å². The molecule has 0 aliphatic carbocycles. The lowest BCUT2D eigenvalue weighted by Crippen LogP contribution is -2.17. The van der Waals surface area contributed by atoms with Crippen LogP contribution in [0.4, 0.5) is 34.1 Å². The lowest BCUT2D eigenvalue weighted by Gasteiger charge is -2.35. The summed E-state index contributed by atoms with van der Waals surface area (Å²) in [6, 6.07) is 66.3. The average molecular weight is 749 g/mol. The van der Waals surface area contributed by atoms with Crippen LogP contribution in [0.15, 0.2) is 203 Å². The Balaban J connectivity index is 1.17. The zero-order valence-corrected chi connectivity index (χ0v) is 31.0. The van der Waals surface area contributed by atoms with Crippen molar-refractivity contribution in [1.29, 1.82) is 0 Å². The molecule has 0 saturated carbocycles. The van der Waals surface area contributed by atoms with E-state index in [4.69, 9.17) is 18.3 Å². The standard InChI is InChI=1S/C52H32N2O4/c1-3-15-33(16-4-1)53(35-27-29-39-37-19-9-11-23-43(37)55-47(39)31-35)49-41-21-7-8-22-42(41)50(52-51(49)57-45-25-13-14-26-46(45)58-52)54(34-17-5-2-6-18-34)36-28-30-40-38-20-10-12-24-44(38)56-48(40)32-36/h1-32H. The van der Waals surface area contributed by atoms with E-state index in [1.165, 1.54) is 0 Å². The fraction of sp³-hybridized carbons (Fsp3) is 0. The molecule has 0 atom stereocenters. The van der Waals surface area contributed by atoms with Crippen LogP contribution in [0.3, 0.4) is 0 Å². The van der Waals surface area contributed by atoms with Crippen LogP contribution < -0.4 is 19.3 Å². The van der Waals surface area contributed by atoms with Crippen LogP contribution in [-0.4, -0.2) is 0 Å². The van der Waals surface area contributed by atoms with Crippen molar-refractivity contribution in [3.05, 3.63) is 194 Å². The molecule has 0 amide bonds. The molecule has 0 unspecified atom stereocenters. The maximum absolute atomic E-state index is 7.11. The molecular formula is C52H32N2O4. The summed E-state index contributed by atoms with van der Waals surface area (Å²) in [6.07, 6.45) is 0. The lowest BCUT2D eigenvalue weighted by molar-refractivity contribution is 0.362. The first-order valence-corrected chi connectivity index (χ1v) is 19.3. The molecule has 0 bridgehead atoms. The molecule has 9 aromatic carbocycles. The van der Waals surface area contributed by atoms with E-state index >= 15 is 0 Å². The fourth-order valence-corrected chi connectivity index (χ4v) is 8.50. The quantitative estimate of drug-likeness (QED) is 0.158. The molecule has 1 aliphatic rings. The first-order valence-electron chi connectivity index (χ1n) is 19.3. The summed E-state index contributed by atoms with van der Waals surface area (Å²) < 4.78 is 27.2. The summed E-state index contributed by atoms with van der Waals surface area (Å²) in [4.78, 5) is 4.50. The van der Waals surface area contributed by atoms with Crippen molar-refractivity contribution in [2.24, 2.45) is 0 Å². The molecule has 1 aliphatic heterocycles. The van der Waals surface area contributed by atoms with E-state index in [1.54, 1.807) is 0 Å². The molecule has 2 aromatic heterocycles. The lowest BCUT2D eigenvalue weighted by atomic mass is 9.99. The first-order chi connectivity index (χ1) is 28.8. The van der Waals surface area contributed by atoms with Crippen LogP contribution in [0.2, 0.25) is 0 Å². The van der Waals surface area contributed by atoms with Crippen molar-refractivity contribution in [2.45, 2.75) is 0 Å². The average Bonchev–Trinajstić information content (AvgIpc) is 3.85. The highest BCUT2D eigenvalue weighted by Gasteiger charge is 2.35. The topological polar surface area (TPSA) is 51.2 Å². The van der Waals surface area contributed by atoms with Gasteiger partial charge in [0.05, 0.1) is 11.4 Å². The van der Waals surface area contributed by atoms with Crippen LogP contribution in [0.1, 0.15) is 0 Å². The largest absolute Gasteiger partial charge is 0.456 e. The SMILES string of the molecule is c1ccc(N(c2ccc3c(c2)oc2ccccc23)c2c3c(c(N(c4ccccc4)c4ccc5c(c4)oc4ccccc45)c4ccccc24)Oc2ccccc2O3)cc1. The second kappa shape index (κ2) is 12.8. The second-order valence-corrected chi connectivity index (χ2v) is 14.5. The summed E-state index contributed by atoms with van der Waals surface area (Å²) >= 11 is 0. The van der Waals surface area contributed by atoms with Gasteiger partial charge in [0.25, 0.3) is 0 Å². The Bertz CT molecular complexity index is 3150. The number of furan rings is 2. The Morgan fingerprint density at radius 1 is 0.276 bits per heavy atom. The van der Waals surface area contributed by atoms with Gasteiger partial charge in [-0.3, -0.25) is 0 Å². The molecule has 274 valence electrons. The molecule has 0 fully saturated rings. The van der Waals surface area contributed by atoms with Gasteiger partial charge in [-0.1, -0.05) is 109 Å². The third kappa shape index (κ3) is 4.98. The minimum absolute atomic E-state index is 0.590. The second-order valence-electron chi connectivity index (χ2n) is 14.5. The van der Waals surface area contributed by atoms with Crippen molar-refractivity contribution in [3.63, 3.8) is 0 Å². The highest BCUT2D eigenvalue weighted by atomic mass is 16.6. The minimum Gasteiger partial charge on any atom is -0.456 e. The van der Waals surface area contributed by atoms with Crippen LogP contribution >= 0.6 is 0 Å². The van der Waals surface area contributed by atoms with Gasteiger partial charge in [0, 0.05) is 55.8 Å². The van der Waals surface area contributed by atoms with Gasteiger partial charge in [-0.25, -0.2) is 0 Å². The summed E-state index contributed by atoms with van der Waals surface area (Å²) in [6.45, 7) is 0. The summed E-state index contributed by atoms with van der Waals surface area (Å²) in [5, 5.41) is 6.22. The number of para-hydroxylation sites is 6. The van der Waals surface area contributed by atoms with Crippen LogP contribution in [0.25, 0.3) is 54.6 Å². The molecule has 11 aromatic rings. The molecule has 3 heterocycles. The maximum atomic E-state index is 7.11. The summed E-state index contributed by atoms with van der Waals surface area (Å²) in [5.41, 5.74) is 8.71. The molecule has 0 saturated heterocycles. The molecule has 58 heavy (non-hydrogen) atoms. The Kier molecular flexibility index (Phi) is 7.13. The molecule has 12 rings (SSSR count). The highest BCUT2D eigenvalue weighted by Crippen LogP contribution is 2.61. The maximum Gasteiger partial charge on any atom is 0.196 e. The minimum atomic E-state index is 0.590. The zero-order valence-electron chi connectivity index (χ0n) is 31.0. The van der Waals surface area contributed by atoms with E-state index in [-0.39, 0.29) is 0 Å². The van der Waals surface area contributed by atoms with Crippen LogP contribution in [-0.2, 0) is 0 Å².